The van der Waals surface area contributed by atoms with Crippen LogP contribution in [0.2, 0.25) is 0 Å². The monoisotopic (exact) mass is 760 g/mol. The molecule has 0 saturated carbocycles. The molecule has 3 heterocycles. The molecule has 0 N–H and O–H groups in total. The number of unbranched alkanes of at least 4 members (excludes halogenated alkanes) is 10. The zero-order valence-electron chi connectivity index (χ0n) is 33.3. The Morgan fingerprint density at radius 2 is 0.893 bits per heavy atom. The van der Waals surface area contributed by atoms with Crippen LogP contribution in [0.3, 0.4) is 0 Å². The molecule has 9 rings (SSSR count). The molecule has 2 saturated heterocycles. The second-order valence-corrected chi connectivity index (χ2v) is 17.2. The predicted molar refractivity (Wildman–Crippen MR) is 233 cm³/mol. The molecule has 5 heteroatoms. The van der Waals surface area contributed by atoms with Crippen LogP contribution in [0.15, 0.2) is 97.1 Å². The van der Waals surface area contributed by atoms with Crippen LogP contribution in [0.4, 0.5) is 0 Å². The van der Waals surface area contributed by atoms with E-state index in [9.17, 15) is 0 Å². The van der Waals surface area contributed by atoms with Crippen molar-refractivity contribution in [2.24, 2.45) is 0 Å². The average molecular weight is 761 g/mol. The van der Waals surface area contributed by atoms with Gasteiger partial charge in [0, 0.05) is 16.5 Å². The van der Waals surface area contributed by atoms with E-state index in [0.29, 0.717) is 0 Å². The lowest BCUT2D eigenvalue weighted by atomic mass is 9.70. The molecule has 4 nitrogen and oxygen atoms in total. The quantitative estimate of drug-likeness (QED) is 0.0609. The summed E-state index contributed by atoms with van der Waals surface area (Å²) in [4.78, 5) is 0. The van der Waals surface area contributed by atoms with Crippen LogP contribution >= 0.6 is 11.7 Å². The Hall–Kier alpha value is -4.16. The van der Waals surface area contributed by atoms with Gasteiger partial charge in [-0.25, -0.2) is 0 Å². The van der Waals surface area contributed by atoms with Gasteiger partial charge >= 0.3 is 0 Å². The van der Waals surface area contributed by atoms with Crippen molar-refractivity contribution in [3.8, 4) is 44.5 Å². The van der Waals surface area contributed by atoms with Crippen LogP contribution in [0, 0.1) is 0 Å². The number of benzene rings is 5. The Balaban J connectivity index is 1.11. The van der Waals surface area contributed by atoms with Gasteiger partial charge in [-0.2, -0.15) is 8.75 Å². The minimum atomic E-state index is -0.0274. The summed E-state index contributed by atoms with van der Waals surface area (Å²) in [7, 11) is 0. The maximum Gasteiger partial charge on any atom is 0.113 e. The summed E-state index contributed by atoms with van der Waals surface area (Å²) >= 11 is 1.32. The highest BCUT2D eigenvalue weighted by Crippen LogP contribution is 2.56. The lowest BCUT2D eigenvalue weighted by molar-refractivity contribution is 0.398. The number of hydrogen-bond donors (Lipinski definition) is 0. The Bertz CT molecular complexity index is 2250. The van der Waals surface area contributed by atoms with Gasteiger partial charge in [-0.15, -0.1) is 0 Å². The zero-order chi connectivity index (χ0) is 37.9. The molecule has 0 bridgehead atoms. The van der Waals surface area contributed by atoms with E-state index in [1.165, 1.54) is 163 Å². The molecular formula is C51H56N2O2S. The maximum atomic E-state index is 5.59. The zero-order valence-corrected chi connectivity index (χ0v) is 34.1. The summed E-state index contributed by atoms with van der Waals surface area (Å²) in [5, 5.41) is 0. The number of ether oxygens (including phenoxy) is 2. The van der Waals surface area contributed by atoms with Crippen molar-refractivity contribution in [3.63, 3.8) is 0 Å². The predicted octanol–water partition coefficient (Wildman–Crippen LogP) is 14.6. The number of hydrogen-bond acceptors (Lipinski definition) is 5. The average Bonchev–Trinajstić information content (AvgIpc) is 4.19. The van der Waals surface area contributed by atoms with Gasteiger partial charge < -0.3 is 9.47 Å². The second kappa shape index (κ2) is 16.7. The van der Waals surface area contributed by atoms with Gasteiger partial charge in [0.15, 0.2) is 0 Å². The summed E-state index contributed by atoms with van der Waals surface area (Å²) in [5.41, 5.74) is 17.7. The summed E-state index contributed by atoms with van der Waals surface area (Å²) < 4.78 is 20.9. The Kier molecular flexibility index (Phi) is 11.2. The number of fused-ring (bicyclic) bond motifs is 4. The third-order valence-corrected chi connectivity index (χ3v) is 13.4. The number of aromatic nitrogens is 2. The fraction of sp³-hybridized carbons (Fsp3) is 0.412. The van der Waals surface area contributed by atoms with Crippen molar-refractivity contribution in [1.29, 1.82) is 0 Å². The highest BCUT2D eigenvalue weighted by Gasteiger charge is 2.43. The maximum absolute atomic E-state index is 5.59. The van der Waals surface area contributed by atoms with E-state index in [2.05, 4.69) is 111 Å². The first-order valence-electron chi connectivity index (χ1n) is 21.7. The SMILES string of the molecule is CCCCCCCCC1(CCCCCCCC)c2cc(-c3ccc(C4CO4)cc3)ccc2-c2ccc(-c3ccc(-c4ccc(C5CO5)cc4)c4nsnc34)cc21. The smallest absolute Gasteiger partial charge is 0.113 e. The molecule has 1 aliphatic carbocycles. The van der Waals surface area contributed by atoms with E-state index in [4.69, 9.17) is 18.2 Å². The lowest BCUT2D eigenvalue weighted by Gasteiger charge is -2.33. The highest BCUT2D eigenvalue weighted by molar-refractivity contribution is 7.00. The minimum absolute atomic E-state index is 0.0274. The summed E-state index contributed by atoms with van der Waals surface area (Å²) in [6.07, 6.45) is 18.6. The van der Waals surface area contributed by atoms with E-state index < -0.39 is 0 Å². The summed E-state index contributed by atoms with van der Waals surface area (Å²) in [6, 6.07) is 37.2. The highest BCUT2D eigenvalue weighted by atomic mass is 32.1. The molecule has 2 aliphatic heterocycles. The van der Waals surface area contributed by atoms with Crippen LogP contribution in [-0.2, 0) is 14.9 Å². The molecular weight excluding hydrogens is 705 g/mol. The van der Waals surface area contributed by atoms with Gasteiger partial charge in [0.25, 0.3) is 0 Å². The third kappa shape index (κ3) is 7.63. The third-order valence-electron chi connectivity index (χ3n) is 12.9. The van der Waals surface area contributed by atoms with Crippen molar-refractivity contribution < 1.29 is 9.47 Å². The standard InChI is InChI=1S/C51H56N2O2S/c1-3-5-7-9-11-13-29-51(30-14-12-10-8-6-4-2)45-31-39(35-15-19-37(20-16-35)47-33-54-47)23-25-43(45)44-26-24-40(32-46(44)51)42-28-27-41(49-50(42)53-56-52-49)36-17-21-38(22-18-36)48-34-55-48/h15-28,31-32,47-48H,3-14,29-30,33-34H2,1-2H3. The molecule has 2 atom stereocenters. The van der Waals surface area contributed by atoms with Crippen LogP contribution in [0.5, 0.6) is 0 Å². The van der Waals surface area contributed by atoms with E-state index in [-0.39, 0.29) is 17.6 Å². The molecule has 56 heavy (non-hydrogen) atoms. The Morgan fingerprint density at radius 1 is 0.482 bits per heavy atom. The largest absolute Gasteiger partial charge is 0.368 e. The van der Waals surface area contributed by atoms with E-state index in [1.807, 2.05) is 0 Å². The lowest BCUT2D eigenvalue weighted by Crippen LogP contribution is -2.25. The molecule has 2 fully saturated rings. The fourth-order valence-electron chi connectivity index (χ4n) is 9.50. The molecule has 288 valence electrons. The van der Waals surface area contributed by atoms with Crippen molar-refractivity contribution in [3.05, 3.63) is 119 Å². The van der Waals surface area contributed by atoms with E-state index >= 15 is 0 Å². The molecule has 0 amide bonds. The van der Waals surface area contributed by atoms with Crippen molar-refractivity contribution in [2.45, 2.75) is 121 Å². The van der Waals surface area contributed by atoms with Crippen molar-refractivity contribution >= 4 is 22.8 Å². The number of rotatable bonds is 19. The Morgan fingerprint density at radius 3 is 1.41 bits per heavy atom. The first-order chi connectivity index (χ1) is 27.7. The van der Waals surface area contributed by atoms with Crippen molar-refractivity contribution in [2.75, 3.05) is 13.2 Å². The van der Waals surface area contributed by atoms with Gasteiger partial charge in [-0.1, -0.05) is 176 Å². The molecule has 0 radical (unpaired) electrons. The Labute approximate surface area is 338 Å². The van der Waals surface area contributed by atoms with Gasteiger partial charge in [0.1, 0.15) is 23.2 Å². The van der Waals surface area contributed by atoms with Crippen LogP contribution in [0.1, 0.15) is 138 Å². The van der Waals surface area contributed by atoms with Crippen LogP contribution < -0.4 is 0 Å². The van der Waals surface area contributed by atoms with Crippen molar-refractivity contribution in [1.82, 2.24) is 8.75 Å². The minimum Gasteiger partial charge on any atom is -0.368 e. The van der Waals surface area contributed by atoms with E-state index in [0.717, 1.165) is 29.8 Å². The molecule has 1 aromatic heterocycles. The van der Waals surface area contributed by atoms with E-state index in [1.54, 1.807) is 0 Å². The van der Waals surface area contributed by atoms with Gasteiger partial charge in [0.2, 0.25) is 0 Å². The van der Waals surface area contributed by atoms with Gasteiger partial charge in [0.05, 0.1) is 24.9 Å². The van der Waals surface area contributed by atoms with Gasteiger partial charge in [-0.3, -0.25) is 0 Å². The molecule has 2 unspecified atom stereocenters. The normalized spacial score (nSPS) is 17.6. The molecule has 0 spiro atoms. The van der Waals surface area contributed by atoms with Crippen LogP contribution in [0.25, 0.3) is 55.5 Å². The molecule has 3 aliphatic rings. The summed E-state index contributed by atoms with van der Waals surface area (Å²) in [5.74, 6) is 0. The first kappa shape index (κ1) is 37.4. The second-order valence-electron chi connectivity index (χ2n) is 16.6. The summed E-state index contributed by atoms with van der Waals surface area (Å²) in [6.45, 7) is 6.30. The fourth-order valence-corrected chi connectivity index (χ4v) is 10.1. The van der Waals surface area contributed by atoms with Gasteiger partial charge in [-0.05, 0) is 80.6 Å². The first-order valence-corrected chi connectivity index (χ1v) is 22.4. The topological polar surface area (TPSA) is 50.8 Å². The molecule has 6 aromatic rings. The van der Waals surface area contributed by atoms with Crippen LogP contribution in [-0.4, -0.2) is 22.0 Å². The molecule has 5 aromatic carbocycles. The number of epoxide rings is 2. The number of nitrogens with zero attached hydrogens (tertiary/aromatic N) is 2.